The molecule has 0 aliphatic carbocycles. The molecular formula is C19H34N4O3. The number of aromatic amines is 1. The summed E-state index contributed by atoms with van der Waals surface area (Å²) in [7, 11) is 1.63. The minimum Gasteiger partial charge on any atom is -0.379 e. The van der Waals surface area contributed by atoms with Crippen LogP contribution in [0.1, 0.15) is 59.2 Å². The first-order valence-electron chi connectivity index (χ1n) is 9.27. The maximum atomic E-state index is 12.9. The van der Waals surface area contributed by atoms with E-state index in [1.165, 1.54) is 0 Å². The fraction of sp³-hybridized carbons (Fsp3) is 0.737. The molecule has 0 bridgehead atoms. The second-order valence-corrected chi connectivity index (χ2v) is 7.02. The summed E-state index contributed by atoms with van der Waals surface area (Å²) in [4.78, 5) is 20.0. The Morgan fingerprint density at radius 2 is 2.12 bits per heavy atom. The van der Waals surface area contributed by atoms with Gasteiger partial charge < -0.3 is 19.9 Å². The quantitative estimate of drug-likeness (QED) is 0.466. The average Bonchev–Trinajstić information content (AvgIpc) is 3.18. The number of nitrogens with one attached hydrogen (secondary N) is 3. The first-order valence-corrected chi connectivity index (χ1v) is 9.27. The van der Waals surface area contributed by atoms with Crippen LogP contribution in [0.2, 0.25) is 0 Å². The minimum absolute atomic E-state index is 0.0200. The van der Waals surface area contributed by atoms with E-state index < -0.39 is 11.6 Å². The van der Waals surface area contributed by atoms with Crippen LogP contribution in [0, 0.1) is 11.3 Å². The molecule has 1 heterocycles. The van der Waals surface area contributed by atoms with Gasteiger partial charge in [0, 0.05) is 19.2 Å². The molecule has 7 heteroatoms. The number of nitrogens with zero attached hydrogens (tertiary/aromatic N) is 1. The Balaban J connectivity index is 2.90. The maximum absolute atomic E-state index is 12.9. The molecule has 0 fully saturated rings. The highest BCUT2D eigenvalue weighted by molar-refractivity contribution is 5.93. The van der Waals surface area contributed by atoms with Gasteiger partial charge in [-0.3, -0.25) is 10.1 Å². The zero-order valence-electron chi connectivity index (χ0n) is 16.9. The van der Waals surface area contributed by atoms with Crippen LogP contribution in [-0.2, 0) is 14.3 Å². The van der Waals surface area contributed by atoms with Gasteiger partial charge in [-0.1, -0.05) is 20.8 Å². The van der Waals surface area contributed by atoms with Crippen molar-refractivity contribution >= 4 is 11.5 Å². The van der Waals surface area contributed by atoms with Gasteiger partial charge in [0.05, 0.1) is 42.6 Å². The van der Waals surface area contributed by atoms with Crippen LogP contribution in [0.25, 0.3) is 0 Å². The highest BCUT2D eigenvalue weighted by atomic mass is 16.5. The molecule has 0 saturated carbocycles. The van der Waals surface area contributed by atoms with Gasteiger partial charge in [0.1, 0.15) is 6.04 Å². The Morgan fingerprint density at radius 3 is 2.62 bits per heavy atom. The van der Waals surface area contributed by atoms with Gasteiger partial charge in [-0.05, 0) is 26.7 Å². The fourth-order valence-electron chi connectivity index (χ4n) is 2.49. The molecule has 0 aliphatic heterocycles. The summed E-state index contributed by atoms with van der Waals surface area (Å²) >= 11 is 0. The van der Waals surface area contributed by atoms with Crippen molar-refractivity contribution in [2.75, 3.05) is 20.3 Å². The van der Waals surface area contributed by atoms with Crippen molar-refractivity contribution in [3.8, 4) is 0 Å². The van der Waals surface area contributed by atoms with Crippen LogP contribution in [0.3, 0.4) is 0 Å². The zero-order valence-corrected chi connectivity index (χ0v) is 16.9. The van der Waals surface area contributed by atoms with Crippen molar-refractivity contribution in [2.24, 2.45) is 5.92 Å². The van der Waals surface area contributed by atoms with Gasteiger partial charge in [0.25, 0.3) is 0 Å². The molecule has 1 aromatic rings. The molecule has 3 N–H and O–H groups in total. The smallest absolute Gasteiger partial charge is 0.158 e. The predicted octanol–water partition coefficient (Wildman–Crippen LogP) is 2.90. The number of methoxy groups -OCH3 is 1. The Hall–Kier alpha value is -1.57. The summed E-state index contributed by atoms with van der Waals surface area (Å²) < 4.78 is 10.8. The fourth-order valence-corrected chi connectivity index (χ4v) is 2.49. The molecule has 0 radical (unpaired) electrons. The molecule has 26 heavy (non-hydrogen) atoms. The van der Waals surface area contributed by atoms with Gasteiger partial charge >= 0.3 is 0 Å². The van der Waals surface area contributed by atoms with Crippen LogP contribution < -0.4 is 5.32 Å². The Labute approximate surface area is 156 Å². The van der Waals surface area contributed by atoms with Crippen molar-refractivity contribution in [3.05, 3.63) is 18.2 Å². The van der Waals surface area contributed by atoms with E-state index in [1.54, 1.807) is 19.6 Å². The molecule has 4 unspecified atom stereocenters. The van der Waals surface area contributed by atoms with Crippen molar-refractivity contribution in [1.29, 1.82) is 5.41 Å². The van der Waals surface area contributed by atoms with Gasteiger partial charge in [0.2, 0.25) is 0 Å². The van der Waals surface area contributed by atoms with E-state index >= 15 is 0 Å². The standard InChI is InChI=1S/C19H34N4O3/c1-7-13(3)18(24)17(15-9-21-12-22-15)23-19(5,8-2)16(20)11-26-10-14(4)25-6/h9,12-14,17,20,23H,7-8,10-11H2,1-6H3,(H,21,22). The second-order valence-electron chi connectivity index (χ2n) is 7.02. The Kier molecular flexibility index (Phi) is 9.12. The van der Waals surface area contributed by atoms with Crippen LogP contribution in [0.4, 0.5) is 0 Å². The monoisotopic (exact) mass is 366 g/mol. The number of ether oxygens (including phenoxy) is 2. The number of H-pyrrole nitrogens is 1. The third-order valence-electron chi connectivity index (χ3n) is 5.05. The summed E-state index contributed by atoms with van der Waals surface area (Å²) in [5, 5.41) is 11.9. The lowest BCUT2D eigenvalue weighted by molar-refractivity contribution is -0.125. The van der Waals surface area contributed by atoms with Gasteiger partial charge in [-0.25, -0.2) is 4.98 Å². The number of aromatic nitrogens is 2. The zero-order chi connectivity index (χ0) is 19.7. The summed E-state index contributed by atoms with van der Waals surface area (Å²) in [6.07, 6.45) is 4.64. The SMILES string of the molecule is CCC(C)C(=O)C(NC(C)(CC)C(=N)COCC(C)OC)c1cnc[nH]1. The van der Waals surface area contributed by atoms with Gasteiger partial charge in [-0.15, -0.1) is 0 Å². The normalized spacial score (nSPS) is 17.3. The van der Waals surface area contributed by atoms with Crippen molar-refractivity contribution in [2.45, 2.75) is 65.1 Å². The van der Waals surface area contributed by atoms with Gasteiger partial charge in [0.15, 0.2) is 5.78 Å². The molecule has 148 valence electrons. The van der Waals surface area contributed by atoms with Crippen molar-refractivity contribution in [1.82, 2.24) is 15.3 Å². The molecule has 1 rings (SSSR count). The van der Waals surface area contributed by atoms with E-state index in [2.05, 4.69) is 15.3 Å². The summed E-state index contributed by atoms with van der Waals surface area (Å²) in [5.74, 6) is 0.0167. The van der Waals surface area contributed by atoms with Gasteiger partial charge in [-0.2, -0.15) is 0 Å². The number of ketones is 1. The molecule has 1 aromatic heterocycles. The van der Waals surface area contributed by atoms with Crippen molar-refractivity contribution < 1.29 is 14.3 Å². The highest BCUT2D eigenvalue weighted by Gasteiger charge is 2.35. The van der Waals surface area contributed by atoms with Crippen LogP contribution in [0.5, 0.6) is 0 Å². The van der Waals surface area contributed by atoms with Crippen LogP contribution >= 0.6 is 0 Å². The van der Waals surface area contributed by atoms with Crippen LogP contribution in [-0.4, -0.2) is 53.4 Å². The lowest BCUT2D eigenvalue weighted by Gasteiger charge is -2.35. The number of hydrogen-bond donors (Lipinski definition) is 3. The summed E-state index contributed by atoms with van der Waals surface area (Å²) in [5.41, 5.74) is 0.469. The Bertz CT molecular complexity index is 561. The van der Waals surface area contributed by atoms with E-state index in [1.807, 2.05) is 34.6 Å². The van der Waals surface area contributed by atoms with Crippen molar-refractivity contribution in [3.63, 3.8) is 0 Å². The van der Waals surface area contributed by atoms with E-state index in [4.69, 9.17) is 14.9 Å². The molecule has 0 spiro atoms. The number of carbonyl (C=O) groups excluding carboxylic acids is 1. The number of Topliss-reactive ketones (excluding diaryl/α,β-unsaturated/α-hetero) is 1. The number of rotatable bonds is 13. The predicted molar refractivity (Wildman–Crippen MR) is 103 cm³/mol. The summed E-state index contributed by atoms with van der Waals surface area (Å²) in [6, 6.07) is -0.532. The lowest BCUT2D eigenvalue weighted by atomic mass is 9.88. The second kappa shape index (κ2) is 10.5. The van der Waals surface area contributed by atoms with E-state index in [0.29, 0.717) is 18.7 Å². The summed E-state index contributed by atoms with van der Waals surface area (Å²) in [6.45, 7) is 10.4. The number of hydrogen-bond acceptors (Lipinski definition) is 6. The first-order chi connectivity index (χ1) is 12.3. The lowest BCUT2D eigenvalue weighted by Crippen LogP contribution is -2.54. The first kappa shape index (κ1) is 22.5. The van der Waals surface area contributed by atoms with E-state index in [-0.39, 0.29) is 24.4 Å². The molecular weight excluding hydrogens is 332 g/mol. The third-order valence-corrected chi connectivity index (χ3v) is 5.05. The molecule has 0 saturated heterocycles. The topological polar surface area (TPSA) is 100 Å². The number of carbonyl (C=O) groups is 1. The Morgan fingerprint density at radius 1 is 1.42 bits per heavy atom. The molecule has 0 amide bonds. The average molecular weight is 367 g/mol. The molecule has 0 aliphatic rings. The molecule has 7 nitrogen and oxygen atoms in total. The molecule has 4 atom stereocenters. The largest absolute Gasteiger partial charge is 0.379 e. The maximum Gasteiger partial charge on any atom is 0.158 e. The third kappa shape index (κ3) is 6.00. The van der Waals surface area contributed by atoms with E-state index in [9.17, 15) is 4.79 Å². The number of imidazole rings is 1. The highest BCUT2D eigenvalue weighted by Crippen LogP contribution is 2.23. The van der Waals surface area contributed by atoms with E-state index in [0.717, 1.165) is 12.1 Å². The van der Waals surface area contributed by atoms with Crippen LogP contribution in [0.15, 0.2) is 12.5 Å². The molecule has 0 aromatic carbocycles. The minimum atomic E-state index is -0.658.